The summed E-state index contributed by atoms with van der Waals surface area (Å²) < 4.78 is 4.91. The van der Waals surface area contributed by atoms with E-state index in [0.29, 0.717) is 13.0 Å². The van der Waals surface area contributed by atoms with Crippen molar-refractivity contribution in [3.8, 4) is 0 Å². The lowest BCUT2D eigenvalue weighted by Crippen LogP contribution is -2.20. The molecule has 0 aromatic carbocycles. The van der Waals surface area contributed by atoms with Crippen molar-refractivity contribution in [3.05, 3.63) is 0 Å². The van der Waals surface area contributed by atoms with Gasteiger partial charge in [0.1, 0.15) is 0 Å². The van der Waals surface area contributed by atoms with Crippen molar-refractivity contribution in [2.75, 3.05) is 6.61 Å². The van der Waals surface area contributed by atoms with Gasteiger partial charge in [0.25, 0.3) is 0 Å². The Morgan fingerprint density at radius 1 is 1.50 bits per heavy atom. The highest BCUT2D eigenvalue weighted by Gasteiger charge is 2.10. The van der Waals surface area contributed by atoms with Crippen LogP contribution in [0.5, 0.6) is 0 Å². The van der Waals surface area contributed by atoms with E-state index in [9.17, 15) is 4.79 Å². The minimum atomic E-state index is -0.417. The number of hydrogen-bond donors (Lipinski definition) is 1. The first-order chi connectivity index (χ1) is 5.57. The van der Waals surface area contributed by atoms with Gasteiger partial charge in [-0.1, -0.05) is 13.8 Å². The van der Waals surface area contributed by atoms with E-state index >= 15 is 0 Å². The molecule has 3 heteroatoms. The number of esters is 1. The maximum Gasteiger partial charge on any atom is 0.305 e. The molecule has 0 saturated heterocycles. The molecule has 0 radical (unpaired) electrons. The van der Waals surface area contributed by atoms with Crippen molar-refractivity contribution in [1.82, 2.24) is 0 Å². The van der Waals surface area contributed by atoms with E-state index in [1.54, 1.807) is 6.92 Å². The standard InChI is InChI=1S/C9H18O3/c1-4-5-9(11)12-6-7(2)8(3)10/h7-8,10H,4-6H2,1-3H3. The normalized spacial score (nSPS) is 15.3. The molecule has 0 aliphatic heterocycles. The van der Waals surface area contributed by atoms with Crippen LogP contribution >= 0.6 is 0 Å². The lowest BCUT2D eigenvalue weighted by molar-refractivity contribution is -0.145. The first-order valence-corrected chi connectivity index (χ1v) is 4.41. The van der Waals surface area contributed by atoms with E-state index in [0.717, 1.165) is 6.42 Å². The Labute approximate surface area is 73.7 Å². The molecule has 0 aromatic rings. The Balaban J connectivity index is 3.47. The molecular formula is C9H18O3. The Morgan fingerprint density at radius 2 is 2.08 bits per heavy atom. The van der Waals surface area contributed by atoms with Crippen LogP contribution in [0, 0.1) is 5.92 Å². The van der Waals surface area contributed by atoms with Gasteiger partial charge in [0.05, 0.1) is 12.7 Å². The van der Waals surface area contributed by atoms with Crippen LogP contribution in [-0.2, 0) is 9.53 Å². The van der Waals surface area contributed by atoms with E-state index in [1.165, 1.54) is 0 Å². The van der Waals surface area contributed by atoms with E-state index < -0.39 is 6.10 Å². The number of hydrogen-bond acceptors (Lipinski definition) is 3. The lowest BCUT2D eigenvalue weighted by Gasteiger charge is -2.14. The predicted octanol–water partition coefficient (Wildman–Crippen LogP) is 1.35. The van der Waals surface area contributed by atoms with Crippen LogP contribution in [0.25, 0.3) is 0 Å². The van der Waals surface area contributed by atoms with Gasteiger partial charge in [-0.15, -0.1) is 0 Å². The second kappa shape index (κ2) is 6.00. The summed E-state index contributed by atoms with van der Waals surface area (Å²) in [6, 6.07) is 0. The van der Waals surface area contributed by atoms with Crippen molar-refractivity contribution in [2.45, 2.75) is 39.7 Å². The fraction of sp³-hybridized carbons (Fsp3) is 0.889. The van der Waals surface area contributed by atoms with Gasteiger partial charge >= 0.3 is 5.97 Å². The number of aliphatic hydroxyl groups excluding tert-OH is 1. The third-order valence-electron chi connectivity index (χ3n) is 1.78. The highest BCUT2D eigenvalue weighted by atomic mass is 16.5. The SMILES string of the molecule is CCCC(=O)OCC(C)C(C)O. The summed E-state index contributed by atoms with van der Waals surface area (Å²) in [4.78, 5) is 10.9. The molecule has 72 valence electrons. The third-order valence-corrected chi connectivity index (χ3v) is 1.78. The van der Waals surface area contributed by atoms with Gasteiger partial charge in [0.15, 0.2) is 0 Å². The minimum absolute atomic E-state index is 0.0193. The molecule has 1 N–H and O–H groups in total. The zero-order valence-electron chi connectivity index (χ0n) is 8.04. The molecule has 2 unspecified atom stereocenters. The zero-order valence-corrected chi connectivity index (χ0v) is 8.04. The highest BCUT2D eigenvalue weighted by Crippen LogP contribution is 2.03. The summed E-state index contributed by atoms with van der Waals surface area (Å²) in [6.07, 6.45) is 0.855. The molecule has 3 nitrogen and oxygen atoms in total. The van der Waals surface area contributed by atoms with Crippen molar-refractivity contribution in [3.63, 3.8) is 0 Å². The van der Waals surface area contributed by atoms with Gasteiger partial charge in [-0.3, -0.25) is 4.79 Å². The van der Waals surface area contributed by atoms with Crippen molar-refractivity contribution < 1.29 is 14.6 Å². The molecular weight excluding hydrogens is 156 g/mol. The number of carbonyl (C=O) groups excluding carboxylic acids is 1. The van der Waals surface area contributed by atoms with Crippen molar-refractivity contribution >= 4 is 5.97 Å². The van der Waals surface area contributed by atoms with Crippen LogP contribution < -0.4 is 0 Å². The average molecular weight is 174 g/mol. The Morgan fingerprint density at radius 3 is 2.50 bits per heavy atom. The van der Waals surface area contributed by atoms with E-state index in [4.69, 9.17) is 9.84 Å². The smallest absolute Gasteiger partial charge is 0.305 e. The average Bonchev–Trinajstić information content (AvgIpc) is 2.00. The molecule has 12 heavy (non-hydrogen) atoms. The molecule has 0 spiro atoms. The molecule has 2 atom stereocenters. The fourth-order valence-corrected chi connectivity index (χ4v) is 0.640. The molecule has 0 fully saturated rings. The largest absolute Gasteiger partial charge is 0.465 e. The molecule has 0 amide bonds. The summed E-state index contributed by atoms with van der Waals surface area (Å²) in [5.74, 6) is -0.157. The van der Waals surface area contributed by atoms with Crippen LogP contribution in [-0.4, -0.2) is 23.8 Å². The Bertz CT molecular complexity index is 132. The second-order valence-electron chi connectivity index (χ2n) is 3.15. The molecule has 0 aliphatic rings. The second-order valence-corrected chi connectivity index (χ2v) is 3.15. The molecule has 0 bridgehead atoms. The number of aliphatic hydroxyl groups is 1. The predicted molar refractivity (Wildman–Crippen MR) is 46.7 cm³/mol. The summed E-state index contributed by atoms with van der Waals surface area (Å²) in [6.45, 7) is 5.79. The van der Waals surface area contributed by atoms with Crippen LogP contribution in [0.15, 0.2) is 0 Å². The highest BCUT2D eigenvalue weighted by molar-refractivity contribution is 5.69. The quantitative estimate of drug-likeness (QED) is 0.640. The van der Waals surface area contributed by atoms with Crippen LogP contribution in [0.4, 0.5) is 0 Å². The first kappa shape index (κ1) is 11.4. The monoisotopic (exact) mass is 174 g/mol. The Kier molecular flexibility index (Phi) is 5.72. The van der Waals surface area contributed by atoms with Crippen LogP contribution in [0.3, 0.4) is 0 Å². The van der Waals surface area contributed by atoms with Crippen LogP contribution in [0.2, 0.25) is 0 Å². The molecule has 0 rings (SSSR count). The van der Waals surface area contributed by atoms with Gasteiger partial charge in [-0.05, 0) is 13.3 Å². The Hall–Kier alpha value is -0.570. The van der Waals surface area contributed by atoms with Crippen molar-refractivity contribution in [1.29, 1.82) is 0 Å². The minimum Gasteiger partial charge on any atom is -0.465 e. The maximum absolute atomic E-state index is 10.9. The van der Waals surface area contributed by atoms with Gasteiger partial charge in [0.2, 0.25) is 0 Å². The molecule has 0 aliphatic carbocycles. The summed E-state index contributed by atoms with van der Waals surface area (Å²) in [7, 11) is 0. The first-order valence-electron chi connectivity index (χ1n) is 4.41. The summed E-state index contributed by atoms with van der Waals surface area (Å²) in [5.41, 5.74) is 0. The van der Waals surface area contributed by atoms with E-state index in [2.05, 4.69) is 0 Å². The van der Waals surface area contributed by atoms with Gasteiger partial charge in [-0.2, -0.15) is 0 Å². The number of rotatable bonds is 5. The molecule has 0 aromatic heterocycles. The lowest BCUT2D eigenvalue weighted by atomic mass is 10.1. The number of carbonyl (C=O) groups is 1. The van der Waals surface area contributed by atoms with E-state index in [-0.39, 0.29) is 11.9 Å². The summed E-state index contributed by atoms with van der Waals surface area (Å²) >= 11 is 0. The van der Waals surface area contributed by atoms with E-state index in [1.807, 2.05) is 13.8 Å². The third kappa shape index (κ3) is 5.13. The molecule has 0 heterocycles. The maximum atomic E-state index is 10.9. The summed E-state index contributed by atoms with van der Waals surface area (Å²) in [5, 5.41) is 9.07. The van der Waals surface area contributed by atoms with Gasteiger partial charge in [-0.25, -0.2) is 0 Å². The van der Waals surface area contributed by atoms with Crippen LogP contribution in [0.1, 0.15) is 33.6 Å². The zero-order chi connectivity index (χ0) is 9.56. The molecule has 0 saturated carbocycles. The van der Waals surface area contributed by atoms with Gasteiger partial charge in [0, 0.05) is 12.3 Å². The fourth-order valence-electron chi connectivity index (χ4n) is 0.640. The van der Waals surface area contributed by atoms with Gasteiger partial charge < -0.3 is 9.84 Å². The number of ether oxygens (including phenoxy) is 1. The van der Waals surface area contributed by atoms with Crippen molar-refractivity contribution in [2.24, 2.45) is 5.92 Å². The topological polar surface area (TPSA) is 46.5 Å².